The van der Waals surface area contributed by atoms with E-state index in [9.17, 15) is 18.0 Å². The van der Waals surface area contributed by atoms with E-state index in [0.29, 0.717) is 22.5 Å². The normalized spacial score (nSPS) is 18.4. The second-order valence-corrected chi connectivity index (χ2v) is 12.1. The van der Waals surface area contributed by atoms with Gasteiger partial charge in [0.15, 0.2) is 15.0 Å². The summed E-state index contributed by atoms with van der Waals surface area (Å²) >= 11 is 1.22. The van der Waals surface area contributed by atoms with Crippen molar-refractivity contribution in [3.8, 4) is 5.69 Å². The van der Waals surface area contributed by atoms with Gasteiger partial charge in [-0.05, 0) is 50.5 Å². The van der Waals surface area contributed by atoms with Crippen LogP contribution in [0.15, 0.2) is 52.4 Å². The number of nitrogens with zero attached hydrogens (tertiary/aromatic N) is 3. The predicted molar refractivity (Wildman–Crippen MR) is 132 cm³/mol. The van der Waals surface area contributed by atoms with Crippen LogP contribution in [0.2, 0.25) is 0 Å². The fourth-order valence-corrected chi connectivity index (χ4v) is 7.09. The minimum atomic E-state index is -3.10. The average Bonchev–Trinajstić information content (AvgIpc) is 3.14. The number of thioether (sulfide) groups is 1. The molecule has 0 spiro atoms. The molecule has 0 aliphatic carbocycles. The molecule has 1 saturated heterocycles. The summed E-state index contributed by atoms with van der Waals surface area (Å²) in [5.41, 5.74) is 3.02. The number of fused-ring (bicyclic) bond motifs is 1. The minimum absolute atomic E-state index is 0.00599. The first-order valence-corrected chi connectivity index (χ1v) is 13.5. The van der Waals surface area contributed by atoms with Crippen molar-refractivity contribution >= 4 is 38.4 Å². The van der Waals surface area contributed by atoms with E-state index in [1.54, 1.807) is 30.7 Å². The van der Waals surface area contributed by atoms with Gasteiger partial charge >= 0.3 is 0 Å². The quantitative estimate of drug-likeness (QED) is 0.408. The van der Waals surface area contributed by atoms with Gasteiger partial charge in [-0.15, -0.1) is 0 Å². The number of benzene rings is 2. The average molecular weight is 486 g/mol. The molecule has 1 aromatic heterocycles. The van der Waals surface area contributed by atoms with Gasteiger partial charge in [0.25, 0.3) is 5.56 Å². The highest BCUT2D eigenvalue weighted by Crippen LogP contribution is 2.29. The smallest absolute Gasteiger partial charge is 0.266 e. The van der Waals surface area contributed by atoms with Crippen LogP contribution >= 0.6 is 11.8 Å². The molecule has 2 atom stereocenters. The Balaban J connectivity index is 1.76. The monoisotopic (exact) mass is 485 g/mol. The van der Waals surface area contributed by atoms with E-state index >= 15 is 0 Å². The van der Waals surface area contributed by atoms with Crippen molar-refractivity contribution in [2.75, 3.05) is 18.6 Å². The molecule has 0 saturated carbocycles. The summed E-state index contributed by atoms with van der Waals surface area (Å²) in [4.78, 5) is 33.0. The van der Waals surface area contributed by atoms with E-state index < -0.39 is 15.1 Å². The lowest BCUT2D eigenvalue weighted by Gasteiger charge is -2.26. The van der Waals surface area contributed by atoms with Crippen molar-refractivity contribution in [1.82, 2.24) is 14.5 Å². The maximum absolute atomic E-state index is 13.6. The van der Waals surface area contributed by atoms with Crippen molar-refractivity contribution < 1.29 is 13.2 Å². The Kier molecular flexibility index (Phi) is 6.37. The van der Waals surface area contributed by atoms with Crippen LogP contribution in [0.1, 0.15) is 24.5 Å². The fourth-order valence-electron chi connectivity index (χ4n) is 4.30. The number of carbonyl (C=O) groups excluding carboxylic acids is 1. The van der Waals surface area contributed by atoms with Crippen LogP contribution in [0, 0.1) is 13.8 Å². The molecule has 4 rings (SSSR count). The van der Waals surface area contributed by atoms with E-state index in [4.69, 9.17) is 4.98 Å². The Bertz CT molecular complexity index is 1380. The highest BCUT2D eigenvalue weighted by Gasteiger charge is 2.34. The molecule has 7 nitrogen and oxygen atoms in total. The van der Waals surface area contributed by atoms with Crippen molar-refractivity contribution in [3.05, 3.63) is 63.9 Å². The molecule has 174 valence electrons. The van der Waals surface area contributed by atoms with E-state index in [-0.39, 0.29) is 29.0 Å². The zero-order valence-electron chi connectivity index (χ0n) is 19.1. The first kappa shape index (κ1) is 23.5. The number of hydrogen-bond donors (Lipinski definition) is 0. The molecule has 1 aliphatic rings. The molecule has 1 aliphatic heterocycles. The number of para-hydroxylation sites is 2. The third-order valence-corrected chi connectivity index (χ3v) is 8.93. The largest absolute Gasteiger partial charge is 0.341 e. The SMILES string of the molecule is Cc1cccc(C)c1-n1c(SC(C)C(=O)N(C)C2CCS(=O)(=O)C2)nc2ccccc2c1=O. The third-order valence-electron chi connectivity index (χ3n) is 6.14. The maximum Gasteiger partial charge on any atom is 0.266 e. The van der Waals surface area contributed by atoms with E-state index in [2.05, 4.69) is 0 Å². The molecule has 9 heteroatoms. The van der Waals surface area contributed by atoms with Crippen molar-refractivity contribution in [2.45, 2.75) is 43.6 Å². The Morgan fingerprint density at radius 3 is 2.45 bits per heavy atom. The van der Waals surface area contributed by atoms with E-state index in [0.717, 1.165) is 16.8 Å². The second kappa shape index (κ2) is 8.95. The van der Waals surface area contributed by atoms with Crippen LogP contribution in [-0.2, 0) is 14.6 Å². The van der Waals surface area contributed by atoms with Gasteiger partial charge in [-0.1, -0.05) is 42.1 Å². The summed E-state index contributed by atoms with van der Waals surface area (Å²) in [6, 6.07) is 12.7. The molecule has 2 unspecified atom stereocenters. The van der Waals surface area contributed by atoms with E-state index in [1.165, 1.54) is 16.7 Å². The predicted octanol–water partition coefficient (Wildman–Crippen LogP) is 3.13. The zero-order chi connectivity index (χ0) is 23.9. The fraction of sp³-hybridized carbons (Fsp3) is 0.375. The molecule has 0 bridgehead atoms. The Labute approximate surface area is 197 Å². The van der Waals surface area contributed by atoms with Crippen LogP contribution < -0.4 is 5.56 Å². The van der Waals surface area contributed by atoms with Crippen LogP contribution in [0.5, 0.6) is 0 Å². The maximum atomic E-state index is 13.6. The van der Waals surface area contributed by atoms with Gasteiger partial charge in [0.1, 0.15) is 0 Å². The zero-order valence-corrected chi connectivity index (χ0v) is 20.7. The Morgan fingerprint density at radius 1 is 1.15 bits per heavy atom. The van der Waals surface area contributed by atoms with Gasteiger partial charge in [-0.2, -0.15) is 0 Å². The highest BCUT2D eigenvalue weighted by molar-refractivity contribution is 8.00. The van der Waals surface area contributed by atoms with Gasteiger partial charge in [0.2, 0.25) is 5.91 Å². The van der Waals surface area contributed by atoms with Gasteiger partial charge in [0, 0.05) is 13.1 Å². The minimum Gasteiger partial charge on any atom is -0.341 e. The van der Waals surface area contributed by atoms with Crippen LogP contribution in [0.4, 0.5) is 0 Å². The molecular weight excluding hydrogens is 458 g/mol. The second-order valence-electron chi connectivity index (χ2n) is 8.56. The van der Waals surface area contributed by atoms with Gasteiger partial charge in [-0.25, -0.2) is 13.4 Å². The third kappa shape index (κ3) is 4.56. The van der Waals surface area contributed by atoms with Gasteiger partial charge < -0.3 is 4.90 Å². The number of sulfone groups is 1. The topological polar surface area (TPSA) is 89.3 Å². The summed E-state index contributed by atoms with van der Waals surface area (Å²) in [5.74, 6) is -0.0825. The van der Waals surface area contributed by atoms with Gasteiger partial charge in [-0.3, -0.25) is 14.2 Å². The molecule has 1 fully saturated rings. The Morgan fingerprint density at radius 2 is 1.82 bits per heavy atom. The number of hydrogen-bond acceptors (Lipinski definition) is 6. The summed E-state index contributed by atoms with van der Waals surface area (Å²) in [6.45, 7) is 5.66. The lowest BCUT2D eigenvalue weighted by atomic mass is 10.1. The lowest BCUT2D eigenvalue weighted by molar-refractivity contribution is -0.130. The standard InChI is InChI=1S/C24H27N3O4S2/c1-15-8-7-9-16(2)21(15)27-23(29)19-10-5-6-11-20(19)25-24(27)32-17(3)22(28)26(4)18-12-13-33(30,31)14-18/h5-11,17-18H,12-14H2,1-4H3. The van der Waals surface area contributed by atoms with Crippen molar-refractivity contribution in [1.29, 1.82) is 0 Å². The first-order valence-electron chi connectivity index (χ1n) is 10.8. The molecular formula is C24H27N3O4S2. The first-order chi connectivity index (χ1) is 15.6. The Hall–Kier alpha value is -2.65. The van der Waals surface area contributed by atoms with Crippen molar-refractivity contribution in [2.24, 2.45) is 0 Å². The number of aryl methyl sites for hydroxylation is 2. The summed E-state index contributed by atoms with van der Waals surface area (Å²) in [7, 11) is -1.45. The number of rotatable bonds is 5. The summed E-state index contributed by atoms with van der Waals surface area (Å²) < 4.78 is 25.3. The highest BCUT2D eigenvalue weighted by atomic mass is 32.2. The molecule has 0 radical (unpaired) electrons. The molecule has 1 amide bonds. The molecule has 2 heterocycles. The number of amides is 1. The van der Waals surface area contributed by atoms with Crippen LogP contribution in [0.25, 0.3) is 16.6 Å². The number of aromatic nitrogens is 2. The van der Waals surface area contributed by atoms with Crippen molar-refractivity contribution in [3.63, 3.8) is 0 Å². The number of carbonyl (C=O) groups is 1. The van der Waals surface area contributed by atoms with Gasteiger partial charge in [0.05, 0.1) is 33.3 Å². The van der Waals surface area contributed by atoms with E-state index in [1.807, 2.05) is 44.2 Å². The molecule has 0 N–H and O–H groups in total. The molecule has 2 aromatic carbocycles. The molecule has 33 heavy (non-hydrogen) atoms. The van der Waals surface area contributed by atoms with Crippen LogP contribution in [0.3, 0.4) is 0 Å². The summed E-state index contributed by atoms with van der Waals surface area (Å²) in [5, 5.41) is 0.392. The molecule has 3 aromatic rings. The lowest BCUT2D eigenvalue weighted by Crippen LogP contribution is -2.42. The van der Waals surface area contributed by atoms with Crippen LogP contribution in [-0.4, -0.2) is 58.6 Å². The summed E-state index contributed by atoms with van der Waals surface area (Å²) in [6.07, 6.45) is 0.448.